The number of nitrogens with two attached hydrogens (primary N) is 1. The van der Waals surface area contributed by atoms with Gasteiger partial charge in [0.2, 0.25) is 0 Å². The standard InChI is InChI=1S/C15H27N3/c1-6-8-18(7-2)14-10-12(11-16)9-13(17-14)15(3,4)5/h9-10H,6-8,11,16H2,1-5H3. The highest BCUT2D eigenvalue weighted by Gasteiger charge is 2.18. The van der Waals surface area contributed by atoms with Crippen LogP contribution in [0.25, 0.3) is 0 Å². The summed E-state index contributed by atoms with van der Waals surface area (Å²) in [5.41, 5.74) is 8.15. The molecule has 0 aromatic carbocycles. The highest BCUT2D eigenvalue weighted by molar-refractivity contribution is 5.43. The maximum absolute atomic E-state index is 5.80. The average Bonchev–Trinajstić information content (AvgIpc) is 2.34. The first-order valence-electron chi connectivity index (χ1n) is 6.88. The van der Waals surface area contributed by atoms with Crippen molar-refractivity contribution in [1.29, 1.82) is 0 Å². The number of aromatic nitrogens is 1. The van der Waals surface area contributed by atoms with Crippen LogP contribution in [0, 0.1) is 0 Å². The highest BCUT2D eigenvalue weighted by Crippen LogP contribution is 2.24. The number of anilines is 1. The Morgan fingerprint density at radius 1 is 1.22 bits per heavy atom. The van der Waals surface area contributed by atoms with Crippen molar-refractivity contribution in [2.75, 3.05) is 18.0 Å². The van der Waals surface area contributed by atoms with Gasteiger partial charge in [0.05, 0.1) is 0 Å². The fourth-order valence-electron chi connectivity index (χ4n) is 1.94. The van der Waals surface area contributed by atoms with E-state index in [0.717, 1.165) is 31.0 Å². The molecule has 0 atom stereocenters. The van der Waals surface area contributed by atoms with Gasteiger partial charge < -0.3 is 10.6 Å². The molecule has 0 aliphatic heterocycles. The summed E-state index contributed by atoms with van der Waals surface area (Å²) in [4.78, 5) is 7.13. The SMILES string of the molecule is CCCN(CC)c1cc(CN)cc(C(C)(C)C)n1. The molecule has 1 rings (SSSR count). The molecule has 2 N–H and O–H groups in total. The zero-order valence-electron chi connectivity index (χ0n) is 12.5. The van der Waals surface area contributed by atoms with Crippen molar-refractivity contribution < 1.29 is 0 Å². The van der Waals surface area contributed by atoms with Crippen molar-refractivity contribution in [2.24, 2.45) is 5.73 Å². The molecule has 0 saturated carbocycles. The van der Waals surface area contributed by atoms with E-state index in [2.05, 4.69) is 51.7 Å². The van der Waals surface area contributed by atoms with E-state index in [1.54, 1.807) is 0 Å². The number of nitrogens with zero attached hydrogens (tertiary/aromatic N) is 2. The number of pyridine rings is 1. The number of hydrogen-bond acceptors (Lipinski definition) is 3. The summed E-state index contributed by atoms with van der Waals surface area (Å²) in [5.74, 6) is 1.06. The van der Waals surface area contributed by atoms with Gasteiger partial charge >= 0.3 is 0 Å². The Morgan fingerprint density at radius 2 is 1.89 bits per heavy atom. The van der Waals surface area contributed by atoms with Crippen molar-refractivity contribution in [2.45, 2.75) is 53.0 Å². The van der Waals surface area contributed by atoms with Crippen molar-refractivity contribution in [3.63, 3.8) is 0 Å². The summed E-state index contributed by atoms with van der Waals surface area (Å²) < 4.78 is 0. The quantitative estimate of drug-likeness (QED) is 0.872. The molecule has 1 aromatic heterocycles. The van der Waals surface area contributed by atoms with E-state index in [1.165, 1.54) is 5.56 Å². The lowest BCUT2D eigenvalue weighted by atomic mass is 9.90. The zero-order chi connectivity index (χ0) is 13.8. The third kappa shape index (κ3) is 3.70. The van der Waals surface area contributed by atoms with E-state index in [9.17, 15) is 0 Å². The van der Waals surface area contributed by atoms with Crippen LogP contribution in [0.1, 0.15) is 52.3 Å². The van der Waals surface area contributed by atoms with Crippen molar-refractivity contribution in [3.05, 3.63) is 23.4 Å². The topological polar surface area (TPSA) is 42.1 Å². The Kier molecular flexibility index (Phi) is 5.15. The summed E-state index contributed by atoms with van der Waals surface area (Å²) in [6, 6.07) is 4.25. The van der Waals surface area contributed by atoms with Crippen LogP contribution in [0.5, 0.6) is 0 Å². The van der Waals surface area contributed by atoms with Crippen LogP contribution in [0.3, 0.4) is 0 Å². The Hall–Kier alpha value is -1.09. The van der Waals surface area contributed by atoms with E-state index >= 15 is 0 Å². The number of hydrogen-bond donors (Lipinski definition) is 1. The second-order valence-electron chi connectivity index (χ2n) is 5.75. The van der Waals surface area contributed by atoms with E-state index in [1.807, 2.05) is 0 Å². The lowest BCUT2D eigenvalue weighted by Gasteiger charge is -2.25. The van der Waals surface area contributed by atoms with Gasteiger partial charge in [-0.2, -0.15) is 0 Å². The van der Waals surface area contributed by atoms with E-state index in [-0.39, 0.29) is 5.41 Å². The Labute approximate surface area is 111 Å². The number of rotatable bonds is 5. The molecular formula is C15H27N3. The fraction of sp³-hybridized carbons (Fsp3) is 0.667. The first kappa shape index (κ1) is 15.0. The van der Waals surface area contributed by atoms with E-state index in [0.29, 0.717) is 6.54 Å². The smallest absolute Gasteiger partial charge is 0.129 e. The second-order valence-corrected chi connectivity index (χ2v) is 5.75. The molecule has 18 heavy (non-hydrogen) atoms. The molecule has 0 saturated heterocycles. The molecule has 1 heterocycles. The first-order chi connectivity index (χ1) is 8.42. The third-order valence-corrected chi connectivity index (χ3v) is 3.07. The monoisotopic (exact) mass is 249 g/mol. The predicted molar refractivity (Wildman–Crippen MR) is 79.0 cm³/mol. The molecule has 0 aliphatic rings. The minimum absolute atomic E-state index is 0.0611. The molecule has 0 amide bonds. The normalized spacial score (nSPS) is 11.7. The maximum Gasteiger partial charge on any atom is 0.129 e. The molecule has 0 radical (unpaired) electrons. The molecule has 0 aliphatic carbocycles. The van der Waals surface area contributed by atoms with Crippen molar-refractivity contribution in [3.8, 4) is 0 Å². The highest BCUT2D eigenvalue weighted by atomic mass is 15.2. The summed E-state index contributed by atoms with van der Waals surface area (Å²) in [6.45, 7) is 13.5. The first-order valence-corrected chi connectivity index (χ1v) is 6.88. The van der Waals surface area contributed by atoms with Gasteiger partial charge in [-0.3, -0.25) is 0 Å². The van der Waals surface area contributed by atoms with Crippen LogP contribution in [0.4, 0.5) is 5.82 Å². The van der Waals surface area contributed by atoms with E-state index in [4.69, 9.17) is 10.7 Å². The molecule has 0 unspecified atom stereocenters. The van der Waals surface area contributed by atoms with Crippen LogP contribution in [-0.2, 0) is 12.0 Å². The molecule has 0 spiro atoms. The Morgan fingerprint density at radius 3 is 2.33 bits per heavy atom. The van der Waals surface area contributed by atoms with Gasteiger partial charge in [0, 0.05) is 30.7 Å². The minimum atomic E-state index is 0.0611. The van der Waals surface area contributed by atoms with Gasteiger partial charge in [-0.25, -0.2) is 4.98 Å². The maximum atomic E-state index is 5.80. The van der Waals surface area contributed by atoms with Gasteiger partial charge in [-0.15, -0.1) is 0 Å². The lowest BCUT2D eigenvalue weighted by molar-refractivity contribution is 0.566. The summed E-state index contributed by atoms with van der Waals surface area (Å²) >= 11 is 0. The fourth-order valence-corrected chi connectivity index (χ4v) is 1.94. The molecule has 0 fully saturated rings. The largest absolute Gasteiger partial charge is 0.357 e. The van der Waals surface area contributed by atoms with Crippen molar-refractivity contribution in [1.82, 2.24) is 4.98 Å². The molecule has 3 nitrogen and oxygen atoms in total. The molecule has 0 bridgehead atoms. The van der Waals surface area contributed by atoms with Gasteiger partial charge in [0.1, 0.15) is 5.82 Å². The molecule has 1 aromatic rings. The van der Waals surface area contributed by atoms with Crippen LogP contribution >= 0.6 is 0 Å². The zero-order valence-corrected chi connectivity index (χ0v) is 12.5. The Balaban J connectivity index is 3.18. The van der Waals surface area contributed by atoms with Gasteiger partial charge in [0.15, 0.2) is 0 Å². The van der Waals surface area contributed by atoms with Crippen LogP contribution in [0.2, 0.25) is 0 Å². The lowest BCUT2D eigenvalue weighted by Crippen LogP contribution is -2.26. The summed E-state index contributed by atoms with van der Waals surface area (Å²) in [6.07, 6.45) is 1.13. The van der Waals surface area contributed by atoms with Crippen LogP contribution in [-0.4, -0.2) is 18.1 Å². The van der Waals surface area contributed by atoms with Gasteiger partial charge in [-0.05, 0) is 31.0 Å². The van der Waals surface area contributed by atoms with Crippen molar-refractivity contribution >= 4 is 5.82 Å². The van der Waals surface area contributed by atoms with Crippen LogP contribution in [0.15, 0.2) is 12.1 Å². The van der Waals surface area contributed by atoms with Gasteiger partial charge in [0.25, 0.3) is 0 Å². The second kappa shape index (κ2) is 6.19. The van der Waals surface area contributed by atoms with Crippen LogP contribution < -0.4 is 10.6 Å². The summed E-state index contributed by atoms with van der Waals surface area (Å²) in [7, 11) is 0. The van der Waals surface area contributed by atoms with Gasteiger partial charge in [-0.1, -0.05) is 27.7 Å². The average molecular weight is 249 g/mol. The van der Waals surface area contributed by atoms with E-state index < -0.39 is 0 Å². The Bertz CT molecular complexity index is 380. The predicted octanol–water partition coefficient (Wildman–Crippen LogP) is 3.07. The molecule has 102 valence electrons. The molecule has 3 heteroatoms. The third-order valence-electron chi connectivity index (χ3n) is 3.07. The summed E-state index contributed by atoms with van der Waals surface area (Å²) in [5, 5.41) is 0. The molecular weight excluding hydrogens is 222 g/mol. The minimum Gasteiger partial charge on any atom is -0.357 e.